The molecule has 3 heteroatoms. The molecule has 2 aromatic carbocycles. The number of esters is 1. The van der Waals surface area contributed by atoms with Gasteiger partial charge in [0.15, 0.2) is 0 Å². The second kappa shape index (κ2) is 7.55. The van der Waals surface area contributed by atoms with Gasteiger partial charge in [0.05, 0.1) is 5.56 Å². The molecule has 0 aliphatic carbocycles. The van der Waals surface area contributed by atoms with Gasteiger partial charge >= 0.3 is 5.97 Å². The third kappa shape index (κ3) is 4.55. The molecule has 0 heterocycles. The molecule has 2 aromatic rings. The molecule has 0 amide bonds. The summed E-state index contributed by atoms with van der Waals surface area (Å²) in [6.45, 7) is 3.51. The van der Waals surface area contributed by atoms with E-state index in [1.807, 2.05) is 49.4 Å². The smallest absolute Gasteiger partial charge is 0.338 e. The van der Waals surface area contributed by atoms with Crippen molar-refractivity contribution in [1.29, 1.82) is 0 Å². The summed E-state index contributed by atoms with van der Waals surface area (Å²) >= 11 is 0. The molecule has 0 radical (unpaired) electrons. The number of hydrogen-bond donors (Lipinski definition) is 0. The number of aryl methyl sites for hydroxylation is 1. The van der Waals surface area contributed by atoms with Crippen molar-refractivity contribution in [3.63, 3.8) is 0 Å². The maximum absolute atomic E-state index is 12.3. The van der Waals surface area contributed by atoms with Crippen molar-refractivity contribution >= 4 is 11.8 Å². The van der Waals surface area contributed by atoms with Gasteiger partial charge in [-0.15, -0.1) is 0 Å². The number of rotatable bonds is 6. The fourth-order valence-electron chi connectivity index (χ4n) is 2.18. The summed E-state index contributed by atoms with van der Waals surface area (Å²) in [6.07, 6.45) is 0.483. The summed E-state index contributed by atoms with van der Waals surface area (Å²) in [5.41, 5.74) is 2.52. The summed E-state index contributed by atoms with van der Waals surface area (Å²) < 4.78 is 5.62. The minimum absolute atomic E-state index is 0.0901. The Morgan fingerprint density at radius 2 is 1.64 bits per heavy atom. The normalized spacial score (nSPS) is 11.7. The van der Waals surface area contributed by atoms with Gasteiger partial charge in [-0.1, -0.05) is 48.0 Å². The van der Waals surface area contributed by atoms with Gasteiger partial charge in [-0.3, -0.25) is 0 Å². The predicted molar refractivity (Wildman–Crippen MR) is 85.7 cm³/mol. The number of benzene rings is 2. The van der Waals surface area contributed by atoms with Crippen molar-refractivity contribution in [3.05, 3.63) is 71.3 Å². The van der Waals surface area contributed by atoms with E-state index in [4.69, 9.17) is 4.74 Å². The van der Waals surface area contributed by atoms with E-state index >= 15 is 0 Å². The fourth-order valence-corrected chi connectivity index (χ4v) is 2.18. The van der Waals surface area contributed by atoms with E-state index in [2.05, 4.69) is 0 Å². The molecule has 114 valence electrons. The Bertz CT molecular complexity index is 629. The number of ether oxygens (including phenoxy) is 1. The highest BCUT2D eigenvalue weighted by molar-refractivity contribution is 5.89. The predicted octanol–water partition coefficient (Wildman–Crippen LogP) is 4.26. The monoisotopic (exact) mass is 296 g/mol. The van der Waals surface area contributed by atoms with Gasteiger partial charge in [-0.2, -0.15) is 0 Å². The lowest BCUT2D eigenvalue weighted by atomic mass is 10.0. The number of carbonyl (C=O) groups excluding carboxylic acids is 2. The van der Waals surface area contributed by atoms with Gasteiger partial charge in [-0.05, 0) is 38.0 Å². The van der Waals surface area contributed by atoms with E-state index < -0.39 is 6.10 Å². The van der Waals surface area contributed by atoms with Crippen molar-refractivity contribution in [2.75, 3.05) is 0 Å². The van der Waals surface area contributed by atoms with E-state index in [0.717, 1.165) is 11.1 Å². The number of ketones is 1. The SMILES string of the molecule is CC(=O)CCC(OC(=O)c1ccc(C)cc1)c1ccccc1. The quantitative estimate of drug-likeness (QED) is 0.748. The lowest BCUT2D eigenvalue weighted by Crippen LogP contribution is -2.13. The first-order valence-electron chi connectivity index (χ1n) is 7.38. The van der Waals surface area contributed by atoms with Gasteiger partial charge in [0.2, 0.25) is 0 Å². The van der Waals surface area contributed by atoms with Crippen molar-refractivity contribution in [3.8, 4) is 0 Å². The van der Waals surface area contributed by atoms with Gasteiger partial charge in [0.1, 0.15) is 11.9 Å². The zero-order chi connectivity index (χ0) is 15.9. The van der Waals surface area contributed by atoms with Crippen LogP contribution in [0.15, 0.2) is 54.6 Å². The molecule has 0 spiro atoms. The molecule has 0 bridgehead atoms. The number of Topliss-reactive ketones (excluding diaryl/α,β-unsaturated/α-hetero) is 1. The van der Waals surface area contributed by atoms with Crippen LogP contribution in [-0.4, -0.2) is 11.8 Å². The van der Waals surface area contributed by atoms with Crippen LogP contribution in [0.1, 0.15) is 47.4 Å². The first-order chi connectivity index (χ1) is 10.6. The van der Waals surface area contributed by atoms with Crippen LogP contribution in [-0.2, 0) is 9.53 Å². The largest absolute Gasteiger partial charge is 0.454 e. The zero-order valence-corrected chi connectivity index (χ0v) is 12.9. The van der Waals surface area contributed by atoms with Crippen LogP contribution in [0.25, 0.3) is 0 Å². The van der Waals surface area contributed by atoms with Crippen molar-refractivity contribution in [1.82, 2.24) is 0 Å². The maximum atomic E-state index is 12.3. The maximum Gasteiger partial charge on any atom is 0.338 e. The molecule has 1 unspecified atom stereocenters. The Morgan fingerprint density at radius 3 is 2.23 bits per heavy atom. The molecule has 0 aliphatic rings. The Hall–Kier alpha value is -2.42. The van der Waals surface area contributed by atoms with Crippen LogP contribution in [0.4, 0.5) is 0 Å². The molecule has 1 atom stereocenters. The van der Waals surface area contributed by atoms with E-state index in [9.17, 15) is 9.59 Å². The highest BCUT2D eigenvalue weighted by Gasteiger charge is 2.18. The molecule has 0 aromatic heterocycles. The molecule has 0 saturated carbocycles. The molecular weight excluding hydrogens is 276 g/mol. The minimum atomic E-state index is -0.404. The fraction of sp³-hybridized carbons (Fsp3) is 0.263. The van der Waals surface area contributed by atoms with Crippen LogP contribution >= 0.6 is 0 Å². The van der Waals surface area contributed by atoms with Crippen LogP contribution in [0, 0.1) is 6.92 Å². The van der Waals surface area contributed by atoms with Crippen molar-refractivity contribution in [2.24, 2.45) is 0 Å². The van der Waals surface area contributed by atoms with E-state index in [1.54, 1.807) is 19.1 Å². The van der Waals surface area contributed by atoms with Crippen LogP contribution in [0.3, 0.4) is 0 Å². The topological polar surface area (TPSA) is 43.4 Å². The summed E-state index contributed by atoms with van der Waals surface area (Å²) in [5, 5.41) is 0. The Kier molecular flexibility index (Phi) is 5.48. The molecular formula is C19H20O3. The van der Waals surface area contributed by atoms with Crippen LogP contribution in [0.2, 0.25) is 0 Å². The summed E-state index contributed by atoms with van der Waals surface area (Å²) in [4.78, 5) is 23.5. The standard InChI is InChI=1S/C19H20O3/c1-14-8-11-17(12-9-14)19(21)22-18(13-10-15(2)20)16-6-4-3-5-7-16/h3-9,11-12,18H,10,13H2,1-2H3. The number of carbonyl (C=O) groups is 2. The second-order valence-electron chi connectivity index (χ2n) is 5.41. The third-order valence-electron chi connectivity index (χ3n) is 3.47. The van der Waals surface area contributed by atoms with E-state index in [0.29, 0.717) is 18.4 Å². The summed E-state index contributed by atoms with van der Waals surface area (Å²) in [6, 6.07) is 16.8. The average Bonchev–Trinajstić information content (AvgIpc) is 2.52. The highest BCUT2D eigenvalue weighted by Crippen LogP contribution is 2.24. The lowest BCUT2D eigenvalue weighted by Gasteiger charge is -2.18. The second-order valence-corrected chi connectivity index (χ2v) is 5.41. The highest BCUT2D eigenvalue weighted by atomic mass is 16.5. The van der Waals surface area contributed by atoms with Crippen molar-refractivity contribution < 1.29 is 14.3 Å². The third-order valence-corrected chi connectivity index (χ3v) is 3.47. The van der Waals surface area contributed by atoms with E-state index in [1.165, 1.54) is 0 Å². The number of hydrogen-bond acceptors (Lipinski definition) is 3. The van der Waals surface area contributed by atoms with Gasteiger partial charge in [0.25, 0.3) is 0 Å². The summed E-state index contributed by atoms with van der Waals surface area (Å²) in [5.74, 6) is -0.273. The first-order valence-corrected chi connectivity index (χ1v) is 7.38. The van der Waals surface area contributed by atoms with Gasteiger partial charge in [-0.25, -0.2) is 4.79 Å². The van der Waals surface area contributed by atoms with Gasteiger partial charge < -0.3 is 9.53 Å². The molecule has 22 heavy (non-hydrogen) atoms. The van der Waals surface area contributed by atoms with E-state index in [-0.39, 0.29) is 11.8 Å². The minimum Gasteiger partial charge on any atom is -0.454 e. The van der Waals surface area contributed by atoms with Crippen LogP contribution < -0.4 is 0 Å². The molecule has 0 fully saturated rings. The Morgan fingerprint density at radius 1 is 1.00 bits per heavy atom. The molecule has 0 saturated heterocycles. The molecule has 3 nitrogen and oxygen atoms in total. The summed E-state index contributed by atoms with van der Waals surface area (Å²) in [7, 11) is 0. The molecule has 0 aliphatic heterocycles. The zero-order valence-electron chi connectivity index (χ0n) is 12.9. The molecule has 0 N–H and O–H groups in total. The Balaban J connectivity index is 2.13. The lowest BCUT2D eigenvalue weighted by molar-refractivity contribution is -0.117. The molecule has 2 rings (SSSR count). The van der Waals surface area contributed by atoms with Gasteiger partial charge in [0, 0.05) is 6.42 Å². The first kappa shape index (κ1) is 16.0. The van der Waals surface area contributed by atoms with Crippen LogP contribution in [0.5, 0.6) is 0 Å². The average molecular weight is 296 g/mol. The van der Waals surface area contributed by atoms with Crippen molar-refractivity contribution in [2.45, 2.75) is 32.8 Å². The Labute approximate surface area is 130 Å².